The third-order valence-electron chi connectivity index (χ3n) is 6.21. The van der Waals surface area contributed by atoms with Gasteiger partial charge in [0.15, 0.2) is 0 Å². The zero-order valence-electron chi connectivity index (χ0n) is 15.2. The summed E-state index contributed by atoms with van der Waals surface area (Å²) in [6.45, 7) is 2.46. The molecule has 4 rings (SSSR count). The van der Waals surface area contributed by atoms with Crippen LogP contribution < -0.4 is 10.2 Å². The van der Waals surface area contributed by atoms with E-state index in [2.05, 4.69) is 5.32 Å². The maximum atomic E-state index is 13.0. The molecule has 1 spiro atoms. The molecule has 2 heterocycles. The number of para-hydroxylation sites is 1. The average Bonchev–Trinajstić information content (AvgIpc) is 2.88. The van der Waals surface area contributed by atoms with E-state index in [1.165, 1.54) is 0 Å². The van der Waals surface area contributed by atoms with Crippen LogP contribution in [0.4, 0.5) is 10.5 Å². The van der Waals surface area contributed by atoms with Gasteiger partial charge in [-0.25, -0.2) is 4.79 Å². The third-order valence-corrected chi connectivity index (χ3v) is 6.21. The van der Waals surface area contributed by atoms with E-state index >= 15 is 0 Å². The number of anilines is 1. The molecule has 26 heavy (non-hydrogen) atoms. The van der Waals surface area contributed by atoms with Crippen molar-refractivity contribution in [1.29, 1.82) is 0 Å². The fraction of sp³-hybridized carbons (Fsp3) is 0.550. The van der Waals surface area contributed by atoms with Crippen LogP contribution in [0.3, 0.4) is 0 Å². The molecule has 1 saturated carbocycles. The number of nitrogens with zero attached hydrogens (tertiary/aromatic N) is 2. The number of carbonyl (C=O) groups is 3. The summed E-state index contributed by atoms with van der Waals surface area (Å²) in [7, 11) is 0. The molecule has 0 unspecified atom stereocenters. The molecule has 2 atom stereocenters. The molecule has 4 amide bonds. The van der Waals surface area contributed by atoms with E-state index in [-0.39, 0.29) is 24.3 Å². The Morgan fingerprint density at radius 1 is 1.23 bits per heavy atom. The van der Waals surface area contributed by atoms with Crippen LogP contribution in [0.1, 0.15) is 44.6 Å². The molecule has 1 N–H and O–H groups in total. The molecule has 1 aromatic rings. The van der Waals surface area contributed by atoms with Crippen molar-refractivity contribution in [1.82, 2.24) is 10.2 Å². The summed E-state index contributed by atoms with van der Waals surface area (Å²) >= 11 is 0. The van der Waals surface area contributed by atoms with E-state index in [1.807, 2.05) is 31.2 Å². The zero-order chi connectivity index (χ0) is 18.3. The highest BCUT2D eigenvalue weighted by atomic mass is 16.2. The van der Waals surface area contributed by atoms with Crippen molar-refractivity contribution in [3.63, 3.8) is 0 Å². The summed E-state index contributed by atoms with van der Waals surface area (Å²) in [5.41, 5.74) is 1.23. The quantitative estimate of drug-likeness (QED) is 0.829. The number of hydrogen-bond donors (Lipinski definition) is 1. The number of rotatable bonds is 2. The molecule has 3 aliphatic rings. The second-order valence-corrected chi connectivity index (χ2v) is 7.72. The number of hydrogen-bond acceptors (Lipinski definition) is 3. The van der Waals surface area contributed by atoms with Gasteiger partial charge in [0, 0.05) is 12.2 Å². The largest absolute Gasteiger partial charge is 0.325 e. The monoisotopic (exact) mass is 355 g/mol. The van der Waals surface area contributed by atoms with Gasteiger partial charge in [-0.05, 0) is 43.2 Å². The molecule has 138 valence electrons. The first-order chi connectivity index (χ1) is 12.5. The van der Waals surface area contributed by atoms with Crippen molar-refractivity contribution in [2.45, 2.75) is 51.0 Å². The fourth-order valence-electron chi connectivity index (χ4n) is 4.65. The van der Waals surface area contributed by atoms with Crippen LogP contribution in [-0.2, 0) is 16.0 Å². The van der Waals surface area contributed by atoms with Gasteiger partial charge in [0.2, 0.25) is 5.91 Å². The van der Waals surface area contributed by atoms with Crippen LogP contribution in [0.5, 0.6) is 0 Å². The third kappa shape index (κ3) is 2.59. The number of nitrogens with one attached hydrogen (secondary N) is 1. The lowest BCUT2D eigenvalue weighted by molar-refractivity contribution is -0.136. The second kappa shape index (κ2) is 6.41. The highest BCUT2D eigenvalue weighted by Crippen LogP contribution is 2.38. The van der Waals surface area contributed by atoms with E-state index in [4.69, 9.17) is 0 Å². The molecule has 0 radical (unpaired) electrons. The van der Waals surface area contributed by atoms with Crippen molar-refractivity contribution in [2.75, 3.05) is 18.0 Å². The van der Waals surface area contributed by atoms with Gasteiger partial charge >= 0.3 is 6.03 Å². The Morgan fingerprint density at radius 3 is 2.85 bits per heavy atom. The molecule has 1 aliphatic carbocycles. The fourth-order valence-corrected chi connectivity index (χ4v) is 4.65. The molecule has 6 nitrogen and oxygen atoms in total. The van der Waals surface area contributed by atoms with Crippen LogP contribution >= 0.6 is 0 Å². The van der Waals surface area contributed by atoms with Crippen molar-refractivity contribution in [3.8, 4) is 0 Å². The minimum Gasteiger partial charge on any atom is -0.323 e. The van der Waals surface area contributed by atoms with E-state index in [1.54, 1.807) is 4.90 Å². The number of urea groups is 1. The van der Waals surface area contributed by atoms with Gasteiger partial charge in [-0.15, -0.1) is 0 Å². The number of fused-ring (bicyclic) bond motifs is 1. The first-order valence-electron chi connectivity index (χ1n) is 9.55. The Balaban J connectivity index is 1.54. The van der Waals surface area contributed by atoms with Crippen molar-refractivity contribution in [2.24, 2.45) is 5.92 Å². The summed E-state index contributed by atoms with van der Waals surface area (Å²) in [6, 6.07) is 7.42. The summed E-state index contributed by atoms with van der Waals surface area (Å²) in [4.78, 5) is 41.3. The zero-order valence-corrected chi connectivity index (χ0v) is 15.2. The molecule has 2 fully saturated rings. The number of aryl methyl sites for hydroxylation is 1. The van der Waals surface area contributed by atoms with Crippen molar-refractivity contribution >= 4 is 23.5 Å². The first kappa shape index (κ1) is 17.1. The van der Waals surface area contributed by atoms with E-state index < -0.39 is 11.6 Å². The lowest BCUT2D eigenvalue weighted by Gasteiger charge is -2.37. The van der Waals surface area contributed by atoms with Crippen LogP contribution in [0.25, 0.3) is 0 Å². The summed E-state index contributed by atoms with van der Waals surface area (Å²) in [5.74, 6) is -0.321. The normalized spacial score (nSPS) is 28.3. The van der Waals surface area contributed by atoms with Crippen LogP contribution in [0, 0.1) is 5.92 Å². The average molecular weight is 355 g/mol. The van der Waals surface area contributed by atoms with Gasteiger partial charge < -0.3 is 10.2 Å². The Hall–Kier alpha value is -2.37. The topological polar surface area (TPSA) is 69.7 Å². The Kier molecular flexibility index (Phi) is 4.21. The molecular formula is C20H25N3O3. The number of imide groups is 1. The highest BCUT2D eigenvalue weighted by Gasteiger charge is 2.55. The van der Waals surface area contributed by atoms with Crippen LogP contribution in [-0.4, -0.2) is 41.4 Å². The maximum Gasteiger partial charge on any atom is 0.325 e. The SMILES string of the molecule is C[C@@H]1CCCC[C@@]12NC(=O)N(CC(=O)N1CCCc3ccccc31)C2=O. The molecule has 0 bridgehead atoms. The lowest BCUT2D eigenvalue weighted by atomic mass is 9.73. The summed E-state index contributed by atoms with van der Waals surface area (Å²) in [5, 5.41) is 2.91. The van der Waals surface area contributed by atoms with Gasteiger partial charge in [0.05, 0.1) is 0 Å². The summed E-state index contributed by atoms with van der Waals surface area (Å²) < 4.78 is 0. The van der Waals surface area contributed by atoms with Crippen LogP contribution in [0.15, 0.2) is 24.3 Å². The lowest BCUT2D eigenvalue weighted by Crippen LogP contribution is -2.54. The molecule has 1 saturated heterocycles. The van der Waals surface area contributed by atoms with E-state index in [0.717, 1.165) is 48.3 Å². The minimum atomic E-state index is -0.810. The van der Waals surface area contributed by atoms with E-state index in [0.29, 0.717) is 13.0 Å². The number of benzene rings is 1. The van der Waals surface area contributed by atoms with Crippen molar-refractivity contribution in [3.05, 3.63) is 29.8 Å². The molecule has 1 aromatic carbocycles. The Morgan fingerprint density at radius 2 is 2.04 bits per heavy atom. The van der Waals surface area contributed by atoms with Gasteiger partial charge in [0.1, 0.15) is 12.1 Å². The first-order valence-corrected chi connectivity index (χ1v) is 9.55. The second-order valence-electron chi connectivity index (χ2n) is 7.72. The molecule has 0 aromatic heterocycles. The van der Waals surface area contributed by atoms with Gasteiger partial charge in [-0.2, -0.15) is 0 Å². The molecular weight excluding hydrogens is 330 g/mol. The van der Waals surface area contributed by atoms with Crippen molar-refractivity contribution < 1.29 is 14.4 Å². The standard InChI is InChI=1S/C20H25N3O3/c1-14-7-4-5-11-20(14)18(25)23(19(26)21-20)13-17(24)22-12-6-9-15-8-2-3-10-16(15)22/h2-3,8,10,14H,4-7,9,11-13H2,1H3,(H,21,26)/t14-,20-/m1/s1. The predicted octanol–water partition coefficient (Wildman–Crippen LogP) is 2.47. The predicted molar refractivity (Wildman–Crippen MR) is 97.7 cm³/mol. The van der Waals surface area contributed by atoms with Gasteiger partial charge in [0.25, 0.3) is 5.91 Å². The minimum absolute atomic E-state index is 0.100. The molecule has 2 aliphatic heterocycles. The number of amides is 4. The Labute approximate surface area is 153 Å². The van der Waals surface area contributed by atoms with E-state index in [9.17, 15) is 14.4 Å². The number of carbonyl (C=O) groups excluding carboxylic acids is 3. The van der Waals surface area contributed by atoms with Gasteiger partial charge in [-0.1, -0.05) is 38.0 Å². The van der Waals surface area contributed by atoms with Gasteiger partial charge in [-0.3, -0.25) is 14.5 Å². The molecule has 6 heteroatoms. The smallest absolute Gasteiger partial charge is 0.323 e. The van der Waals surface area contributed by atoms with Crippen LogP contribution in [0.2, 0.25) is 0 Å². The Bertz CT molecular complexity index is 762. The maximum absolute atomic E-state index is 13.0. The highest BCUT2D eigenvalue weighted by molar-refractivity contribution is 6.10. The summed E-state index contributed by atoms with van der Waals surface area (Å²) in [6.07, 6.45) is 5.43.